The molecule has 2 fully saturated rings. The maximum absolute atomic E-state index is 13.9. The molecule has 2 aliphatic rings. The van der Waals surface area contributed by atoms with Gasteiger partial charge < -0.3 is 19.9 Å². The second-order valence-corrected chi connectivity index (χ2v) is 16.0. The van der Waals surface area contributed by atoms with Crippen molar-refractivity contribution in [3.05, 3.63) is 73.8 Å². The third-order valence-corrected chi connectivity index (χ3v) is 10.5. The van der Waals surface area contributed by atoms with Crippen LogP contribution in [0.1, 0.15) is 73.4 Å². The van der Waals surface area contributed by atoms with Crippen LogP contribution < -0.4 is 10.0 Å². The van der Waals surface area contributed by atoms with Crippen LogP contribution >= 0.6 is 34.5 Å². The molecule has 1 aliphatic carbocycles. The minimum absolute atomic E-state index is 0.0351. The SMILES string of the molecule is CC1(C)O[C@@H]2[C@@H](CO)C[C@@H](Nc3ncncc3C(=O)c3cc([C@H](NS(=O)C(C)(C)C)c4cccc(Cl)c4)c(Cl)s3)[C@@H]2O1. The minimum Gasteiger partial charge on any atom is -0.396 e. The molecule has 0 spiro atoms. The van der Waals surface area contributed by atoms with Gasteiger partial charge in [0.2, 0.25) is 5.78 Å². The van der Waals surface area contributed by atoms with E-state index in [2.05, 4.69) is 20.0 Å². The van der Waals surface area contributed by atoms with E-state index < -0.39 is 27.6 Å². The normalized spacial score (nSPS) is 24.8. The molecule has 1 unspecified atom stereocenters. The highest BCUT2D eigenvalue weighted by Crippen LogP contribution is 2.43. The zero-order valence-electron chi connectivity index (χ0n) is 23.9. The molecule has 13 heteroatoms. The molecule has 1 aromatic carbocycles. The summed E-state index contributed by atoms with van der Waals surface area (Å²) in [5.74, 6) is -0.837. The second kappa shape index (κ2) is 12.2. The average molecular weight is 654 g/mol. The minimum atomic E-state index is -1.44. The fraction of sp³-hybridized carbons (Fsp3) is 0.483. The number of carbonyl (C=O) groups is 1. The Labute approximate surface area is 261 Å². The first-order valence-corrected chi connectivity index (χ1v) is 16.3. The van der Waals surface area contributed by atoms with E-state index in [1.807, 2.05) is 46.8 Å². The molecule has 0 bridgehead atoms. The van der Waals surface area contributed by atoms with E-state index in [4.69, 9.17) is 32.7 Å². The predicted octanol–water partition coefficient (Wildman–Crippen LogP) is 5.53. The Balaban J connectivity index is 1.44. The zero-order valence-corrected chi connectivity index (χ0v) is 27.0. The Morgan fingerprint density at radius 2 is 1.98 bits per heavy atom. The van der Waals surface area contributed by atoms with E-state index in [0.29, 0.717) is 32.0 Å². The summed E-state index contributed by atoms with van der Waals surface area (Å²) >= 11 is 14.2. The quantitative estimate of drug-likeness (QED) is 0.258. The van der Waals surface area contributed by atoms with Gasteiger partial charge in [-0.05, 0) is 64.8 Å². The van der Waals surface area contributed by atoms with Crippen molar-refractivity contribution in [3.63, 3.8) is 0 Å². The lowest BCUT2D eigenvalue weighted by atomic mass is 10.0. The van der Waals surface area contributed by atoms with Gasteiger partial charge in [0.25, 0.3) is 0 Å². The Morgan fingerprint density at radius 1 is 1.24 bits per heavy atom. The number of aliphatic hydroxyl groups excluding tert-OH is 1. The van der Waals surface area contributed by atoms with E-state index in [1.165, 1.54) is 12.5 Å². The van der Waals surface area contributed by atoms with Crippen LogP contribution in [0.3, 0.4) is 0 Å². The Kier molecular flexibility index (Phi) is 9.14. The molecule has 0 radical (unpaired) electrons. The first-order valence-electron chi connectivity index (χ1n) is 13.6. The number of ketones is 1. The summed E-state index contributed by atoms with van der Waals surface area (Å²) in [6.07, 6.45) is 2.85. The highest BCUT2D eigenvalue weighted by atomic mass is 35.5. The summed E-state index contributed by atoms with van der Waals surface area (Å²) < 4.78 is 28.4. The highest BCUT2D eigenvalue weighted by Gasteiger charge is 2.54. The van der Waals surface area contributed by atoms with E-state index >= 15 is 0 Å². The molecule has 1 saturated carbocycles. The molecule has 2 aromatic heterocycles. The number of thiophene rings is 1. The van der Waals surface area contributed by atoms with Crippen molar-refractivity contribution in [3.8, 4) is 0 Å². The van der Waals surface area contributed by atoms with Crippen molar-refractivity contribution in [1.82, 2.24) is 14.7 Å². The first-order chi connectivity index (χ1) is 19.8. The number of nitrogens with zero attached hydrogens (tertiary/aromatic N) is 2. The molecule has 226 valence electrons. The number of aromatic nitrogens is 2. The fourth-order valence-electron chi connectivity index (χ4n) is 5.30. The van der Waals surface area contributed by atoms with Gasteiger partial charge in [0.15, 0.2) is 5.79 Å². The molecule has 1 saturated heterocycles. The second-order valence-electron chi connectivity index (χ2n) is 11.9. The van der Waals surface area contributed by atoms with Gasteiger partial charge in [-0.2, -0.15) is 0 Å². The maximum Gasteiger partial charge on any atom is 0.208 e. The molecular formula is C29H34Cl2N4O5S2. The Morgan fingerprint density at radius 3 is 2.67 bits per heavy atom. The molecular weight excluding hydrogens is 619 g/mol. The number of benzene rings is 1. The number of aliphatic hydroxyl groups is 1. The molecule has 3 aromatic rings. The van der Waals surface area contributed by atoms with Crippen LogP contribution in [-0.4, -0.2) is 60.5 Å². The third kappa shape index (κ3) is 6.58. The van der Waals surface area contributed by atoms with Crippen molar-refractivity contribution < 1.29 is 23.6 Å². The van der Waals surface area contributed by atoms with E-state index in [-0.39, 0.29) is 42.1 Å². The van der Waals surface area contributed by atoms with Crippen molar-refractivity contribution in [2.45, 2.75) is 75.9 Å². The molecule has 6 atom stereocenters. The van der Waals surface area contributed by atoms with E-state index in [9.17, 15) is 14.1 Å². The lowest BCUT2D eigenvalue weighted by Crippen LogP contribution is -2.36. The smallest absolute Gasteiger partial charge is 0.208 e. The van der Waals surface area contributed by atoms with Gasteiger partial charge in [0, 0.05) is 29.3 Å². The van der Waals surface area contributed by atoms with Crippen molar-refractivity contribution >= 4 is 57.1 Å². The predicted molar refractivity (Wildman–Crippen MR) is 166 cm³/mol. The molecule has 5 rings (SSSR count). The number of hydrogen-bond donors (Lipinski definition) is 3. The fourth-order valence-corrected chi connectivity index (χ4v) is 7.62. The number of nitrogens with one attached hydrogen (secondary N) is 2. The summed E-state index contributed by atoms with van der Waals surface area (Å²) in [4.78, 5) is 22.8. The summed E-state index contributed by atoms with van der Waals surface area (Å²) in [7, 11) is -1.44. The largest absolute Gasteiger partial charge is 0.396 e. The molecule has 9 nitrogen and oxygen atoms in total. The molecule has 42 heavy (non-hydrogen) atoms. The summed E-state index contributed by atoms with van der Waals surface area (Å²) in [6.45, 7) is 9.27. The van der Waals surface area contributed by atoms with Gasteiger partial charge in [-0.3, -0.25) is 4.79 Å². The van der Waals surface area contributed by atoms with Gasteiger partial charge in [-0.15, -0.1) is 11.3 Å². The lowest BCUT2D eigenvalue weighted by molar-refractivity contribution is -0.158. The lowest BCUT2D eigenvalue weighted by Gasteiger charge is -2.24. The first kappa shape index (κ1) is 31.5. The Hall–Kier alpha value is -1.96. The molecule has 3 heterocycles. The summed E-state index contributed by atoms with van der Waals surface area (Å²) in [5.41, 5.74) is 1.65. The van der Waals surface area contributed by atoms with Gasteiger partial charge in [-0.1, -0.05) is 35.3 Å². The Bertz CT molecular complexity index is 1490. The number of carbonyl (C=O) groups excluding carboxylic acids is 1. The van der Waals surface area contributed by atoms with Crippen molar-refractivity contribution in [2.24, 2.45) is 5.92 Å². The highest BCUT2D eigenvalue weighted by molar-refractivity contribution is 7.84. The summed E-state index contributed by atoms with van der Waals surface area (Å²) in [6, 6.07) is 8.13. The number of ether oxygens (including phenoxy) is 2. The van der Waals surface area contributed by atoms with Gasteiger partial charge in [-0.25, -0.2) is 18.9 Å². The van der Waals surface area contributed by atoms with E-state index in [0.717, 1.165) is 16.9 Å². The number of hydrogen-bond acceptors (Lipinski definition) is 9. The number of fused-ring (bicyclic) bond motifs is 1. The van der Waals surface area contributed by atoms with Crippen molar-refractivity contribution in [2.75, 3.05) is 11.9 Å². The number of halogens is 2. The van der Waals surface area contributed by atoms with Crippen LogP contribution in [0.15, 0.2) is 42.9 Å². The number of rotatable bonds is 9. The van der Waals surface area contributed by atoms with Gasteiger partial charge in [0.05, 0.1) is 48.7 Å². The van der Waals surface area contributed by atoms with Crippen LogP contribution in [0.5, 0.6) is 0 Å². The molecule has 0 amide bonds. The third-order valence-electron chi connectivity index (χ3n) is 7.31. The van der Waals surface area contributed by atoms with Crippen LogP contribution in [-0.2, 0) is 20.5 Å². The van der Waals surface area contributed by atoms with Crippen molar-refractivity contribution in [1.29, 1.82) is 0 Å². The van der Waals surface area contributed by atoms with Crippen LogP contribution in [0.4, 0.5) is 5.82 Å². The average Bonchev–Trinajstić information content (AvgIpc) is 3.56. The maximum atomic E-state index is 13.9. The van der Waals surface area contributed by atoms with Crippen LogP contribution in [0, 0.1) is 5.92 Å². The summed E-state index contributed by atoms with van der Waals surface area (Å²) in [5, 5.41) is 13.8. The van der Waals surface area contributed by atoms with Crippen LogP contribution in [0.2, 0.25) is 9.36 Å². The number of anilines is 1. The molecule has 1 aliphatic heterocycles. The van der Waals surface area contributed by atoms with E-state index in [1.54, 1.807) is 18.2 Å². The van der Waals surface area contributed by atoms with Gasteiger partial charge >= 0.3 is 0 Å². The zero-order chi connectivity index (χ0) is 30.4. The monoisotopic (exact) mass is 652 g/mol. The van der Waals surface area contributed by atoms with Gasteiger partial charge in [0.1, 0.15) is 18.2 Å². The standard InChI is InChI=1S/C29H34Cl2N4O5S2/c1-28(2,3)42(38)35-22(15-7-6-8-17(30)9-15)18-11-21(41-26(18)31)23(37)19-12-32-14-33-27(19)34-20-10-16(13-36)24-25(20)40-29(4,5)39-24/h6-9,11-12,14,16,20,22,24-25,35-36H,10,13H2,1-5H3,(H,32,33,34)/t16-,20-,22-,24-,25+,42?/m1/s1. The van der Waals surface area contributed by atoms with Crippen LogP contribution in [0.25, 0.3) is 0 Å². The topological polar surface area (TPSA) is 123 Å². The molecule has 3 N–H and O–H groups in total.